The zero-order valence-electron chi connectivity index (χ0n) is 22.7. The van der Waals surface area contributed by atoms with Gasteiger partial charge in [0, 0.05) is 25.0 Å². The van der Waals surface area contributed by atoms with E-state index >= 15 is 0 Å². The van der Waals surface area contributed by atoms with E-state index in [2.05, 4.69) is 5.32 Å². The highest BCUT2D eigenvalue weighted by atomic mass is 32.2. The lowest BCUT2D eigenvalue weighted by Gasteiger charge is -2.33. The molecule has 8 heteroatoms. The minimum atomic E-state index is -3.51. The highest BCUT2D eigenvalue weighted by Crippen LogP contribution is 2.20. The Bertz CT molecular complexity index is 1140. The predicted octanol–water partition coefficient (Wildman–Crippen LogP) is 4.57. The van der Waals surface area contributed by atoms with Crippen LogP contribution in [0.25, 0.3) is 0 Å². The molecule has 1 unspecified atom stereocenters. The van der Waals surface area contributed by atoms with E-state index < -0.39 is 21.6 Å². The summed E-state index contributed by atoms with van der Waals surface area (Å²) in [7, 11) is -3.51. The van der Waals surface area contributed by atoms with Gasteiger partial charge in [-0.25, -0.2) is 8.42 Å². The monoisotopic (exact) mass is 515 g/mol. The van der Waals surface area contributed by atoms with Gasteiger partial charge in [-0.1, -0.05) is 54.4 Å². The maximum absolute atomic E-state index is 13.5. The van der Waals surface area contributed by atoms with Gasteiger partial charge in [0.2, 0.25) is 21.8 Å². The molecule has 198 valence electrons. The molecule has 7 nitrogen and oxygen atoms in total. The molecule has 2 amide bonds. The van der Waals surface area contributed by atoms with Crippen LogP contribution in [0, 0.1) is 13.8 Å². The Morgan fingerprint density at radius 3 is 2.17 bits per heavy atom. The molecule has 0 heterocycles. The van der Waals surface area contributed by atoms with E-state index in [-0.39, 0.29) is 24.8 Å². The average molecular weight is 516 g/mol. The van der Waals surface area contributed by atoms with Gasteiger partial charge >= 0.3 is 0 Å². The summed E-state index contributed by atoms with van der Waals surface area (Å²) in [6.45, 7) is 12.0. The summed E-state index contributed by atoms with van der Waals surface area (Å²) in [4.78, 5) is 28.3. The normalized spacial score (nSPS) is 12.6. The van der Waals surface area contributed by atoms with Gasteiger partial charge in [-0.15, -0.1) is 0 Å². The van der Waals surface area contributed by atoms with Crippen molar-refractivity contribution in [3.05, 3.63) is 65.2 Å². The summed E-state index contributed by atoms with van der Waals surface area (Å²) in [5.74, 6) is -0.367. The van der Waals surface area contributed by atoms with Crippen LogP contribution in [0.2, 0.25) is 0 Å². The number of anilines is 1. The molecule has 0 saturated heterocycles. The predicted molar refractivity (Wildman–Crippen MR) is 146 cm³/mol. The van der Waals surface area contributed by atoms with E-state index in [9.17, 15) is 18.0 Å². The zero-order valence-corrected chi connectivity index (χ0v) is 23.5. The van der Waals surface area contributed by atoms with E-state index in [1.54, 1.807) is 17.0 Å². The molecule has 1 N–H and O–H groups in total. The van der Waals surface area contributed by atoms with Crippen molar-refractivity contribution in [2.75, 3.05) is 17.1 Å². The summed E-state index contributed by atoms with van der Waals surface area (Å²) < 4.78 is 26.2. The standard InChI is InChI=1S/C28H41N3O4S/c1-8-25(27(33)29-28(4,5)6)30(20-23-12-9-11-22(3)19-23)26(32)13-10-18-31(36(7,34)35)24-16-14-21(2)15-17-24/h9,11-12,14-17,19,25H,8,10,13,18,20H2,1-7H3,(H,29,33). The average Bonchev–Trinajstić information content (AvgIpc) is 2.75. The highest BCUT2D eigenvalue weighted by Gasteiger charge is 2.30. The highest BCUT2D eigenvalue weighted by molar-refractivity contribution is 7.92. The molecule has 0 bridgehead atoms. The molecule has 0 spiro atoms. The van der Waals surface area contributed by atoms with Crippen LogP contribution in [0.3, 0.4) is 0 Å². The number of sulfonamides is 1. The fourth-order valence-electron chi connectivity index (χ4n) is 4.09. The van der Waals surface area contributed by atoms with Gasteiger partial charge in [-0.2, -0.15) is 0 Å². The summed E-state index contributed by atoms with van der Waals surface area (Å²) in [5, 5.41) is 3.00. The van der Waals surface area contributed by atoms with Crippen LogP contribution in [0.4, 0.5) is 5.69 Å². The van der Waals surface area contributed by atoms with Gasteiger partial charge in [0.25, 0.3) is 0 Å². The molecule has 0 aromatic heterocycles. The molecule has 2 aromatic rings. The lowest BCUT2D eigenvalue weighted by molar-refractivity contribution is -0.142. The first-order chi connectivity index (χ1) is 16.7. The Morgan fingerprint density at radius 2 is 1.64 bits per heavy atom. The van der Waals surface area contributed by atoms with E-state index in [1.807, 2.05) is 77.9 Å². The van der Waals surface area contributed by atoms with Crippen molar-refractivity contribution >= 4 is 27.5 Å². The van der Waals surface area contributed by atoms with Crippen LogP contribution >= 0.6 is 0 Å². The van der Waals surface area contributed by atoms with Crippen molar-refractivity contribution in [2.24, 2.45) is 0 Å². The van der Waals surface area contributed by atoms with E-state index in [4.69, 9.17) is 0 Å². The first kappa shape index (κ1) is 29.4. The summed E-state index contributed by atoms with van der Waals surface area (Å²) in [6, 6.07) is 14.5. The molecular weight excluding hydrogens is 474 g/mol. The van der Waals surface area contributed by atoms with Gasteiger partial charge < -0.3 is 10.2 Å². The fourth-order valence-corrected chi connectivity index (χ4v) is 5.06. The number of nitrogens with zero attached hydrogens (tertiary/aromatic N) is 2. The second-order valence-electron chi connectivity index (χ2n) is 10.4. The molecule has 0 aliphatic carbocycles. The lowest BCUT2D eigenvalue weighted by Crippen LogP contribution is -2.53. The van der Waals surface area contributed by atoms with Gasteiger partial charge in [-0.3, -0.25) is 13.9 Å². The number of carbonyl (C=O) groups excluding carboxylic acids is 2. The molecule has 1 atom stereocenters. The van der Waals surface area contributed by atoms with Crippen LogP contribution in [0.5, 0.6) is 0 Å². The van der Waals surface area contributed by atoms with Crippen molar-refractivity contribution < 1.29 is 18.0 Å². The molecular formula is C28H41N3O4S. The van der Waals surface area contributed by atoms with Crippen molar-refractivity contribution in [2.45, 2.75) is 78.9 Å². The molecule has 0 radical (unpaired) electrons. The number of carbonyl (C=O) groups is 2. The Kier molecular flexibility index (Phi) is 10.1. The number of aryl methyl sites for hydroxylation is 2. The summed E-state index contributed by atoms with van der Waals surface area (Å²) >= 11 is 0. The third kappa shape index (κ3) is 8.97. The molecule has 0 fully saturated rings. The van der Waals surface area contributed by atoms with Gasteiger partial charge in [0.05, 0.1) is 11.9 Å². The molecule has 2 aromatic carbocycles. The summed E-state index contributed by atoms with van der Waals surface area (Å²) in [6.07, 6.45) is 2.10. The minimum absolute atomic E-state index is 0.128. The maximum atomic E-state index is 13.5. The Labute approximate surface area is 216 Å². The lowest BCUT2D eigenvalue weighted by atomic mass is 10.0. The van der Waals surface area contributed by atoms with Crippen LogP contribution in [-0.4, -0.2) is 49.5 Å². The first-order valence-corrected chi connectivity index (χ1v) is 14.3. The molecule has 0 aliphatic heterocycles. The fraction of sp³-hybridized carbons (Fsp3) is 0.500. The quantitative estimate of drug-likeness (QED) is 0.475. The van der Waals surface area contributed by atoms with E-state index in [1.165, 1.54) is 10.6 Å². The van der Waals surface area contributed by atoms with Gasteiger partial charge in [0.1, 0.15) is 6.04 Å². The van der Waals surface area contributed by atoms with Crippen LogP contribution in [0.1, 0.15) is 63.6 Å². The third-order valence-electron chi connectivity index (χ3n) is 5.79. The van der Waals surface area contributed by atoms with Crippen LogP contribution in [-0.2, 0) is 26.2 Å². The maximum Gasteiger partial charge on any atom is 0.243 e. The van der Waals surface area contributed by atoms with Gasteiger partial charge in [-0.05, 0) is 65.2 Å². The van der Waals surface area contributed by atoms with E-state index in [0.29, 0.717) is 25.1 Å². The molecule has 0 saturated carbocycles. The van der Waals surface area contributed by atoms with Crippen LogP contribution < -0.4 is 9.62 Å². The van der Waals surface area contributed by atoms with E-state index in [0.717, 1.165) is 16.7 Å². The number of hydrogen-bond donors (Lipinski definition) is 1. The number of benzene rings is 2. The number of nitrogens with one attached hydrogen (secondary N) is 1. The second-order valence-corrected chi connectivity index (χ2v) is 12.4. The van der Waals surface area contributed by atoms with Crippen molar-refractivity contribution in [1.82, 2.24) is 10.2 Å². The van der Waals surface area contributed by atoms with Crippen LogP contribution in [0.15, 0.2) is 48.5 Å². The minimum Gasteiger partial charge on any atom is -0.350 e. The first-order valence-electron chi connectivity index (χ1n) is 12.4. The number of amides is 2. The Morgan fingerprint density at radius 1 is 1.00 bits per heavy atom. The smallest absolute Gasteiger partial charge is 0.243 e. The summed E-state index contributed by atoms with van der Waals surface area (Å²) in [5.41, 5.74) is 3.21. The number of rotatable bonds is 11. The molecule has 0 aliphatic rings. The topological polar surface area (TPSA) is 86.8 Å². The Hall–Kier alpha value is -2.87. The largest absolute Gasteiger partial charge is 0.350 e. The SMILES string of the molecule is CCC(C(=O)NC(C)(C)C)N(Cc1cccc(C)c1)C(=O)CCCN(c1ccc(C)cc1)S(C)(=O)=O. The second kappa shape index (κ2) is 12.4. The number of hydrogen-bond acceptors (Lipinski definition) is 4. The third-order valence-corrected chi connectivity index (χ3v) is 6.99. The van der Waals surface area contributed by atoms with Crippen molar-refractivity contribution in [3.63, 3.8) is 0 Å². The Balaban J connectivity index is 2.23. The van der Waals surface area contributed by atoms with Crippen molar-refractivity contribution in [3.8, 4) is 0 Å². The molecule has 36 heavy (non-hydrogen) atoms. The molecule has 2 rings (SSSR count). The zero-order chi connectivity index (χ0) is 27.1. The van der Waals surface area contributed by atoms with Gasteiger partial charge in [0.15, 0.2) is 0 Å². The van der Waals surface area contributed by atoms with Crippen molar-refractivity contribution in [1.29, 1.82) is 0 Å².